The predicted molar refractivity (Wildman–Crippen MR) is 166 cm³/mol. The Morgan fingerprint density at radius 2 is 1.84 bits per heavy atom. The molecule has 13 nitrogen and oxygen atoms in total. The number of esters is 1. The van der Waals surface area contributed by atoms with Crippen LogP contribution in [0.15, 0.2) is 42.7 Å². The number of nitro benzene ring substituents is 1. The van der Waals surface area contributed by atoms with Crippen LogP contribution in [0.25, 0.3) is 22.2 Å². The molecule has 0 unspecified atom stereocenters. The third-order valence-corrected chi connectivity index (χ3v) is 6.82. The molecule has 0 fully saturated rings. The van der Waals surface area contributed by atoms with Crippen LogP contribution < -0.4 is 19.7 Å². The maximum absolute atomic E-state index is 13.1. The second kappa shape index (κ2) is 12.9. The number of hydrogen-bond donors (Lipinski definition) is 1. The molecule has 0 radical (unpaired) electrons. The lowest BCUT2D eigenvalue weighted by Crippen LogP contribution is -2.29. The Labute approximate surface area is 250 Å². The number of carbonyl (C=O) groups excluding carboxylic acids is 1. The van der Waals surface area contributed by atoms with Crippen molar-refractivity contribution < 1.29 is 23.9 Å². The second-order valence-corrected chi connectivity index (χ2v) is 10.6. The highest BCUT2D eigenvalue weighted by Crippen LogP contribution is 2.40. The second-order valence-electron chi connectivity index (χ2n) is 10.6. The Kier molecular flexibility index (Phi) is 9.34. The van der Waals surface area contributed by atoms with Crippen LogP contribution in [0.2, 0.25) is 0 Å². The van der Waals surface area contributed by atoms with Crippen molar-refractivity contribution in [2.45, 2.75) is 20.0 Å². The van der Waals surface area contributed by atoms with E-state index in [1.165, 1.54) is 19.4 Å². The highest BCUT2D eigenvalue weighted by atomic mass is 16.6. The third kappa shape index (κ3) is 6.61. The number of benzene rings is 2. The summed E-state index contributed by atoms with van der Waals surface area (Å²) in [6.45, 7) is 4.80. The van der Waals surface area contributed by atoms with Crippen molar-refractivity contribution in [2.75, 3.05) is 58.7 Å². The molecule has 0 aliphatic heterocycles. The average molecular weight is 592 g/mol. The fourth-order valence-electron chi connectivity index (χ4n) is 4.73. The van der Waals surface area contributed by atoms with Crippen molar-refractivity contribution in [3.8, 4) is 22.8 Å². The zero-order valence-corrected chi connectivity index (χ0v) is 25.7. The molecule has 0 saturated carbocycles. The number of nitrogens with one attached hydrogen (secondary N) is 1. The molecule has 4 aromatic rings. The van der Waals surface area contributed by atoms with Crippen LogP contribution in [0.4, 0.5) is 23.0 Å². The predicted octanol–water partition coefficient (Wildman–Crippen LogP) is 4.87. The Balaban J connectivity index is 1.84. The molecule has 43 heavy (non-hydrogen) atoms. The number of rotatable bonds is 12. The van der Waals surface area contributed by atoms with Gasteiger partial charge in [-0.1, -0.05) is 12.1 Å². The van der Waals surface area contributed by atoms with E-state index in [0.717, 1.165) is 10.9 Å². The van der Waals surface area contributed by atoms with Gasteiger partial charge in [0.25, 0.3) is 5.69 Å². The number of hydrogen-bond acceptors (Lipinski definition) is 11. The number of likely N-dealkylation sites (N-methyl/N-ethyl adjacent to an activating group) is 2. The van der Waals surface area contributed by atoms with Crippen molar-refractivity contribution in [1.82, 2.24) is 19.4 Å². The molecule has 2 aromatic heterocycles. The molecule has 4 rings (SSSR count). The summed E-state index contributed by atoms with van der Waals surface area (Å²) in [6, 6.07) is 8.64. The van der Waals surface area contributed by atoms with E-state index in [0.29, 0.717) is 47.2 Å². The molecule has 2 heterocycles. The maximum atomic E-state index is 13.1. The van der Waals surface area contributed by atoms with Crippen LogP contribution in [0.3, 0.4) is 0 Å². The van der Waals surface area contributed by atoms with Gasteiger partial charge in [-0.2, -0.15) is 0 Å². The average Bonchev–Trinajstić information content (AvgIpc) is 3.31. The van der Waals surface area contributed by atoms with E-state index >= 15 is 0 Å². The first kappa shape index (κ1) is 31.0. The van der Waals surface area contributed by atoms with Crippen LogP contribution >= 0.6 is 0 Å². The van der Waals surface area contributed by atoms with Crippen LogP contribution in [-0.2, 0) is 11.8 Å². The van der Waals surface area contributed by atoms with Gasteiger partial charge in [0.2, 0.25) is 5.95 Å². The summed E-state index contributed by atoms with van der Waals surface area (Å²) in [5.74, 6) is 0.561. The topological polar surface area (TPSA) is 137 Å². The number of aromatic nitrogens is 3. The Morgan fingerprint density at radius 3 is 2.47 bits per heavy atom. The van der Waals surface area contributed by atoms with Crippen molar-refractivity contribution in [3.05, 3.63) is 58.4 Å². The van der Waals surface area contributed by atoms with Gasteiger partial charge in [0.1, 0.15) is 22.7 Å². The summed E-state index contributed by atoms with van der Waals surface area (Å²) < 4.78 is 18.6. The van der Waals surface area contributed by atoms with Crippen molar-refractivity contribution in [1.29, 1.82) is 0 Å². The zero-order chi connectivity index (χ0) is 31.4. The Bertz CT molecular complexity index is 1650. The molecule has 0 spiro atoms. The van der Waals surface area contributed by atoms with Crippen molar-refractivity contribution >= 4 is 39.9 Å². The highest BCUT2D eigenvalue weighted by Gasteiger charge is 2.25. The molecule has 0 saturated heterocycles. The van der Waals surface area contributed by atoms with Crippen LogP contribution in [-0.4, -0.2) is 84.9 Å². The lowest BCUT2D eigenvalue weighted by atomic mass is 10.1. The largest absolute Gasteiger partial charge is 0.495 e. The molecule has 0 aliphatic carbocycles. The highest BCUT2D eigenvalue weighted by molar-refractivity contribution is 6.04. The summed E-state index contributed by atoms with van der Waals surface area (Å²) in [5, 5.41) is 16.0. The summed E-state index contributed by atoms with van der Waals surface area (Å²) in [4.78, 5) is 37.7. The number of fused-ring (bicyclic) bond motifs is 1. The third-order valence-electron chi connectivity index (χ3n) is 6.82. The van der Waals surface area contributed by atoms with E-state index in [9.17, 15) is 14.9 Å². The number of ether oxygens (including phenoxy) is 3. The van der Waals surface area contributed by atoms with E-state index in [2.05, 4.69) is 10.3 Å². The molecule has 0 amide bonds. The molecule has 1 N–H and O–H groups in total. The SMILES string of the molecule is COc1cc(N(C)CCN(C)C)c([N+](=O)[O-])cc1Nc1ncc(C(=O)OC(C)C)c(-c2cn(C)c3c(OC)cccc23)n1. The van der Waals surface area contributed by atoms with Crippen LogP contribution in [0.5, 0.6) is 11.5 Å². The zero-order valence-electron chi connectivity index (χ0n) is 25.7. The summed E-state index contributed by atoms with van der Waals surface area (Å²) in [5.41, 5.74) is 2.58. The number of carbonyl (C=O) groups is 1. The van der Waals surface area contributed by atoms with E-state index in [-0.39, 0.29) is 23.3 Å². The number of anilines is 3. The van der Waals surface area contributed by atoms with E-state index in [1.807, 2.05) is 59.9 Å². The van der Waals surface area contributed by atoms with Gasteiger partial charge in [-0.25, -0.2) is 14.8 Å². The molecule has 0 atom stereocenters. The Morgan fingerprint density at radius 1 is 1.12 bits per heavy atom. The monoisotopic (exact) mass is 591 g/mol. The van der Waals surface area contributed by atoms with Gasteiger partial charge in [-0.05, 0) is 34.0 Å². The lowest BCUT2D eigenvalue weighted by Gasteiger charge is -2.22. The minimum atomic E-state index is -0.574. The quantitative estimate of drug-likeness (QED) is 0.137. The van der Waals surface area contributed by atoms with Gasteiger partial charge in [0.15, 0.2) is 0 Å². The summed E-state index contributed by atoms with van der Waals surface area (Å²) >= 11 is 0. The summed E-state index contributed by atoms with van der Waals surface area (Å²) in [7, 11) is 10.6. The fraction of sp³-hybridized carbons (Fsp3) is 0.367. The fourth-order valence-corrected chi connectivity index (χ4v) is 4.73. The number of aryl methyl sites for hydroxylation is 1. The number of nitro groups is 1. The molecular weight excluding hydrogens is 554 g/mol. The number of nitrogens with zero attached hydrogens (tertiary/aromatic N) is 6. The smallest absolute Gasteiger partial charge is 0.342 e. The number of para-hydroxylation sites is 1. The lowest BCUT2D eigenvalue weighted by molar-refractivity contribution is -0.384. The van der Waals surface area contributed by atoms with Gasteiger partial charge >= 0.3 is 5.97 Å². The van der Waals surface area contributed by atoms with Gasteiger partial charge in [0, 0.05) is 62.7 Å². The van der Waals surface area contributed by atoms with Crippen molar-refractivity contribution in [3.63, 3.8) is 0 Å². The van der Waals surface area contributed by atoms with Gasteiger partial charge in [0.05, 0.1) is 42.1 Å². The standard InChI is InChI=1S/C30H37N7O6/c1-18(2)43-29(38)20-16-31-30(33-27(20)21-17-36(6)28-19(21)10-9-11-25(28)41-7)32-22-14-24(37(39)40)23(15-26(22)42-8)35(5)13-12-34(3)4/h9-11,14-18H,12-13H2,1-8H3,(H,31,32,33). The number of methoxy groups -OCH3 is 2. The summed E-state index contributed by atoms with van der Waals surface area (Å²) in [6.07, 6.45) is 2.89. The Hall–Kier alpha value is -4.91. The van der Waals surface area contributed by atoms with Crippen molar-refractivity contribution in [2.24, 2.45) is 7.05 Å². The first-order chi connectivity index (χ1) is 20.4. The normalized spacial score (nSPS) is 11.2. The van der Waals surface area contributed by atoms with Gasteiger partial charge in [-0.3, -0.25) is 10.1 Å². The van der Waals surface area contributed by atoms with E-state index < -0.39 is 10.9 Å². The minimum Gasteiger partial charge on any atom is -0.495 e. The minimum absolute atomic E-state index is 0.108. The van der Waals surface area contributed by atoms with E-state index in [4.69, 9.17) is 19.2 Å². The molecule has 228 valence electrons. The van der Waals surface area contributed by atoms with E-state index in [1.54, 1.807) is 34.1 Å². The molecule has 0 aliphatic rings. The van der Waals surface area contributed by atoms with Crippen LogP contribution in [0.1, 0.15) is 24.2 Å². The maximum Gasteiger partial charge on any atom is 0.342 e. The molecule has 2 aromatic carbocycles. The van der Waals surface area contributed by atoms with Gasteiger partial charge < -0.3 is 33.9 Å². The molecular formula is C30H37N7O6. The van der Waals surface area contributed by atoms with Gasteiger partial charge in [-0.15, -0.1) is 0 Å². The first-order valence-corrected chi connectivity index (χ1v) is 13.6. The molecule has 0 bridgehead atoms. The first-order valence-electron chi connectivity index (χ1n) is 13.6. The molecule has 13 heteroatoms. The van der Waals surface area contributed by atoms with Crippen LogP contribution in [0, 0.1) is 10.1 Å².